The van der Waals surface area contributed by atoms with Gasteiger partial charge >= 0.3 is 5.97 Å². The Labute approximate surface area is 120 Å². The summed E-state index contributed by atoms with van der Waals surface area (Å²) in [4.78, 5) is 11.2. The molecule has 0 bridgehead atoms. The van der Waals surface area contributed by atoms with Crippen molar-refractivity contribution in [3.63, 3.8) is 0 Å². The van der Waals surface area contributed by atoms with Crippen LogP contribution in [0.4, 0.5) is 0 Å². The van der Waals surface area contributed by atoms with E-state index in [1.807, 2.05) is 18.2 Å². The first-order chi connectivity index (χ1) is 8.56. The van der Waals surface area contributed by atoms with Gasteiger partial charge in [0.05, 0.1) is 7.11 Å². The standard InChI is InChI=1S/C14H21NO3.ClH/c1-14(17,13(16)18-2)15-11-7-6-10-12-8-4-3-5-9-12;/h3-5,8-9,15,17H,6-7,10-11H2,1-2H3;1H. The van der Waals surface area contributed by atoms with Crippen LogP contribution in [0.2, 0.25) is 0 Å². The van der Waals surface area contributed by atoms with Crippen LogP contribution in [0.25, 0.3) is 0 Å². The third kappa shape index (κ3) is 6.57. The van der Waals surface area contributed by atoms with Crippen LogP contribution in [0.5, 0.6) is 0 Å². The van der Waals surface area contributed by atoms with Crippen LogP contribution in [0.1, 0.15) is 25.3 Å². The number of hydrogen-bond acceptors (Lipinski definition) is 4. The maximum Gasteiger partial charge on any atom is 0.353 e. The molecular formula is C14H22ClNO3. The molecule has 1 unspecified atom stereocenters. The number of aryl methyl sites for hydroxylation is 1. The van der Waals surface area contributed by atoms with Crippen molar-refractivity contribution in [3.05, 3.63) is 35.9 Å². The molecule has 0 aliphatic carbocycles. The van der Waals surface area contributed by atoms with Gasteiger partial charge in [-0.25, -0.2) is 4.79 Å². The fourth-order valence-electron chi connectivity index (χ4n) is 1.70. The Morgan fingerprint density at radius 2 is 1.95 bits per heavy atom. The highest BCUT2D eigenvalue weighted by Gasteiger charge is 2.30. The van der Waals surface area contributed by atoms with E-state index in [-0.39, 0.29) is 12.4 Å². The maximum atomic E-state index is 11.2. The lowest BCUT2D eigenvalue weighted by Gasteiger charge is -2.21. The lowest BCUT2D eigenvalue weighted by molar-refractivity contribution is -0.163. The molecule has 0 spiro atoms. The summed E-state index contributed by atoms with van der Waals surface area (Å²) in [5, 5.41) is 12.5. The van der Waals surface area contributed by atoms with Crippen LogP contribution in [-0.2, 0) is 16.0 Å². The lowest BCUT2D eigenvalue weighted by Crippen LogP contribution is -2.50. The molecule has 1 aromatic rings. The van der Waals surface area contributed by atoms with Crippen LogP contribution in [-0.4, -0.2) is 30.5 Å². The van der Waals surface area contributed by atoms with Crippen molar-refractivity contribution in [2.75, 3.05) is 13.7 Å². The third-order valence-corrected chi connectivity index (χ3v) is 2.79. The molecular weight excluding hydrogens is 266 g/mol. The molecule has 1 atom stereocenters. The van der Waals surface area contributed by atoms with Crippen LogP contribution in [0, 0.1) is 0 Å². The predicted molar refractivity (Wildman–Crippen MR) is 77.3 cm³/mol. The highest BCUT2D eigenvalue weighted by atomic mass is 35.5. The molecule has 1 rings (SSSR count). The van der Waals surface area contributed by atoms with E-state index in [2.05, 4.69) is 22.2 Å². The van der Waals surface area contributed by atoms with Gasteiger partial charge in [-0.3, -0.25) is 5.32 Å². The summed E-state index contributed by atoms with van der Waals surface area (Å²) in [6.07, 6.45) is 2.90. The van der Waals surface area contributed by atoms with E-state index in [4.69, 9.17) is 0 Å². The molecule has 0 heterocycles. The maximum absolute atomic E-state index is 11.2. The van der Waals surface area contributed by atoms with Crippen LogP contribution in [0.3, 0.4) is 0 Å². The third-order valence-electron chi connectivity index (χ3n) is 2.79. The van der Waals surface area contributed by atoms with Crippen molar-refractivity contribution in [1.29, 1.82) is 0 Å². The van der Waals surface area contributed by atoms with E-state index in [9.17, 15) is 9.90 Å². The van der Waals surface area contributed by atoms with Gasteiger partial charge in [-0.05, 0) is 38.3 Å². The van der Waals surface area contributed by atoms with Gasteiger partial charge in [-0.2, -0.15) is 0 Å². The highest BCUT2D eigenvalue weighted by Crippen LogP contribution is 2.05. The molecule has 0 fully saturated rings. The molecule has 5 heteroatoms. The Hall–Kier alpha value is -1.10. The summed E-state index contributed by atoms with van der Waals surface area (Å²) in [7, 11) is 1.26. The molecule has 0 aliphatic heterocycles. The number of carbonyl (C=O) groups excluding carboxylic acids is 1. The minimum absolute atomic E-state index is 0. The molecule has 0 aromatic heterocycles. The van der Waals surface area contributed by atoms with E-state index < -0.39 is 11.7 Å². The molecule has 1 aromatic carbocycles. The summed E-state index contributed by atoms with van der Waals surface area (Å²) in [5.74, 6) is -0.662. The quantitative estimate of drug-likeness (QED) is 0.457. The molecule has 0 aliphatic rings. The van der Waals surface area contributed by atoms with Crippen LogP contribution in [0.15, 0.2) is 30.3 Å². The van der Waals surface area contributed by atoms with Gasteiger partial charge in [0.2, 0.25) is 5.72 Å². The Bertz CT molecular complexity index is 368. The Balaban J connectivity index is 0.00000324. The number of unbranched alkanes of at least 4 members (excludes halogenated alkanes) is 1. The molecule has 0 saturated carbocycles. The first kappa shape index (κ1) is 17.9. The zero-order valence-corrected chi connectivity index (χ0v) is 12.2. The van der Waals surface area contributed by atoms with Crippen molar-refractivity contribution in [3.8, 4) is 0 Å². The lowest BCUT2D eigenvalue weighted by atomic mass is 10.1. The number of esters is 1. The van der Waals surface area contributed by atoms with Crippen molar-refractivity contribution in [1.82, 2.24) is 5.32 Å². The van der Waals surface area contributed by atoms with Crippen LogP contribution < -0.4 is 5.32 Å². The van der Waals surface area contributed by atoms with Gasteiger partial charge in [0.25, 0.3) is 0 Å². The number of carbonyl (C=O) groups is 1. The molecule has 2 N–H and O–H groups in total. The topological polar surface area (TPSA) is 58.6 Å². The van der Waals surface area contributed by atoms with E-state index >= 15 is 0 Å². The number of aliphatic hydroxyl groups is 1. The van der Waals surface area contributed by atoms with Crippen LogP contribution >= 0.6 is 12.4 Å². The van der Waals surface area contributed by atoms with Crippen molar-refractivity contribution < 1.29 is 14.6 Å². The average molecular weight is 288 g/mol. The van der Waals surface area contributed by atoms with Gasteiger partial charge in [0, 0.05) is 0 Å². The molecule has 19 heavy (non-hydrogen) atoms. The molecule has 0 radical (unpaired) electrons. The Morgan fingerprint density at radius 1 is 1.32 bits per heavy atom. The second kappa shape index (κ2) is 8.91. The Morgan fingerprint density at radius 3 is 2.53 bits per heavy atom. The summed E-state index contributed by atoms with van der Waals surface area (Å²) < 4.78 is 4.49. The van der Waals surface area contributed by atoms with E-state index in [0.29, 0.717) is 6.54 Å². The van der Waals surface area contributed by atoms with Crippen molar-refractivity contribution in [2.24, 2.45) is 0 Å². The number of halogens is 1. The van der Waals surface area contributed by atoms with Gasteiger partial charge in [-0.15, -0.1) is 12.4 Å². The normalized spacial score (nSPS) is 13.2. The van der Waals surface area contributed by atoms with Gasteiger partial charge < -0.3 is 9.84 Å². The first-order valence-electron chi connectivity index (χ1n) is 6.16. The minimum atomic E-state index is -1.60. The summed E-state index contributed by atoms with van der Waals surface area (Å²) in [5.41, 5.74) is -0.293. The zero-order chi connectivity index (χ0) is 13.4. The second-order valence-corrected chi connectivity index (χ2v) is 4.43. The summed E-state index contributed by atoms with van der Waals surface area (Å²) in [6, 6.07) is 10.2. The number of hydrogen-bond donors (Lipinski definition) is 2. The largest absolute Gasteiger partial charge is 0.466 e. The molecule has 4 nitrogen and oxygen atoms in total. The van der Waals surface area contributed by atoms with Crippen molar-refractivity contribution >= 4 is 18.4 Å². The first-order valence-corrected chi connectivity index (χ1v) is 6.16. The van der Waals surface area contributed by atoms with E-state index in [1.54, 1.807) is 0 Å². The second-order valence-electron chi connectivity index (χ2n) is 4.43. The number of nitrogens with one attached hydrogen (secondary N) is 1. The minimum Gasteiger partial charge on any atom is -0.466 e. The van der Waals surface area contributed by atoms with E-state index in [1.165, 1.54) is 19.6 Å². The SMILES string of the molecule is COC(=O)C(C)(O)NCCCCc1ccccc1.Cl. The summed E-state index contributed by atoms with van der Waals surface area (Å²) in [6.45, 7) is 1.98. The number of benzene rings is 1. The van der Waals surface area contributed by atoms with Gasteiger partial charge in [0.1, 0.15) is 0 Å². The summed E-state index contributed by atoms with van der Waals surface area (Å²) >= 11 is 0. The van der Waals surface area contributed by atoms with Gasteiger partial charge in [0.15, 0.2) is 0 Å². The monoisotopic (exact) mass is 287 g/mol. The smallest absolute Gasteiger partial charge is 0.353 e. The number of ether oxygens (including phenoxy) is 1. The van der Waals surface area contributed by atoms with Gasteiger partial charge in [-0.1, -0.05) is 30.3 Å². The fourth-order valence-corrected chi connectivity index (χ4v) is 1.70. The average Bonchev–Trinajstić information content (AvgIpc) is 2.38. The number of rotatable bonds is 7. The zero-order valence-electron chi connectivity index (χ0n) is 11.4. The number of methoxy groups -OCH3 is 1. The van der Waals surface area contributed by atoms with E-state index in [0.717, 1.165) is 19.3 Å². The molecule has 108 valence electrons. The van der Waals surface area contributed by atoms with Crippen molar-refractivity contribution in [2.45, 2.75) is 31.9 Å². The fraction of sp³-hybridized carbons (Fsp3) is 0.500. The molecule has 0 amide bonds. The Kier molecular flexibility index (Phi) is 8.39. The highest BCUT2D eigenvalue weighted by molar-refractivity contribution is 5.85. The molecule has 0 saturated heterocycles. The predicted octanol–water partition coefficient (Wildman–Crippen LogP) is 1.90.